The van der Waals surface area contributed by atoms with E-state index in [4.69, 9.17) is 5.73 Å². The molecule has 1 amide bonds. The van der Waals surface area contributed by atoms with Gasteiger partial charge in [0.25, 0.3) is 5.91 Å². The van der Waals surface area contributed by atoms with Crippen LogP contribution in [-0.2, 0) is 0 Å². The lowest BCUT2D eigenvalue weighted by Gasteiger charge is -2.22. The van der Waals surface area contributed by atoms with Crippen molar-refractivity contribution >= 4 is 23.2 Å². The maximum atomic E-state index is 14.4. The maximum absolute atomic E-state index is 14.4. The number of carbonyl (C=O) groups excluding carboxylic acids is 1. The van der Waals surface area contributed by atoms with Gasteiger partial charge in [-0.15, -0.1) is 5.10 Å². The van der Waals surface area contributed by atoms with Crippen LogP contribution in [-0.4, -0.2) is 51.5 Å². The Hall–Kier alpha value is -3.52. The molecule has 2 aromatic carbocycles. The Morgan fingerprint density at radius 2 is 1.93 bits per heavy atom. The first-order valence-corrected chi connectivity index (χ1v) is 9.89. The minimum atomic E-state index is -0.0113. The number of nitrogens with two attached hydrogens (primary N) is 1. The largest absolute Gasteiger partial charge is 0.337 e. The number of halogens is 1. The SMILES string of the molecule is N[C@H]1CCN(C(=O)c2ccc(-n3cc(C4=Cc5ccccc5N(F)C4)nn3)cc2)C1. The molecule has 1 atom stereocenters. The standard InChI is InChI=1S/C22H21FN6O/c23-28-12-17(11-16-3-1-2-4-21(16)28)20-14-29(26-25-20)19-7-5-15(6-8-19)22(30)27-10-9-18(24)13-27/h1-8,11,14,18H,9-10,12-13,24H2/t18-/m0/s1. The molecule has 2 aliphatic rings. The fourth-order valence-corrected chi connectivity index (χ4v) is 3.90. The van der Waals surface area contributed by atoms with Gasteiger partial charge in [0.05, 0.1) is 24.1 Å². The summed E-state index contributed by atoms with van der Waals surface area (Å²) in [5.41, 5.74) is 10.0. The number of amides is 1. The number of rotatable bonds is 3. The van der Waals surface area contributed by atoms with Crippen molar-refractivity contribution in [3.8, 4) is 5.69 Å². The molecule has 3 aromatic rings. The van der Waals surface area contributed by atoms with Gasteiger partial charge < -0.3 is 10.6 Å². The van der Waals surface area contributed by atoms with Crippen LogP contribution in [0.4, 0.5) is 10.2 Å². The summed E-state index contributed by atoms with van der Waals surface area (Å²) in [6.07, 6.45) is 4.54. The van der Waals surface area contributed by atoms with Gasteiger partial charge in [-0.25, -0.2) is 9.80 Å². The van der Waals surface area contributed by atoms with Gasteiger partial charge in [-0.05, 0) is 42.8 Å². The van der Waals surface area contributed by atoms with E-state index >= 15 is 0 Å². The van der Waals surface area contributed by atoms with Crippen LogP contribution >= 0.6 is 0 Å². The Bertz CT molecular complexity index is 1120. The predicted molar refractivity (Wildman–Crippen MR) is 113 cm³/mol. The van der Waals surface area contributed by atoms with Crippen molar-refractivity contribution in [3.05, 3.63) is 71.5 Å². The number of hydrogen-bond acceptors (Lipinski definition) is 5. The fourth-order valence-electron chi connectivity index (χ4n) is 3.90. The number of para-hydroxylation sites is 1. The molecule has 0 saturated carbocycles. The monoisotopic (exact) mass is 404 g/mol. The van der Waals surface area contributed by atoms with Gasteiger partial charge in [0, 0.05) is 35.8 Å². The molecule has 152 valence electrons. The van der Waals surface area contributed by atoms with Crippen molar-refractivity contribution in [2.24, 2.45) is 5.73 Å². The van der Waals surface area contributed by atoms with Crippen molar-refractivity contribution in [1.82, 2.24) is 19.9 Å². The number of hydrogen-bond donors (Lipinski definition) is 1. The minimum Gasteiger partial charge on any atom is -0.337 e. The lowest BCUT2D eigenvalue weighted by Crippen LogP contribution is -2.31. The normalized spacial score (nSPS) is 18.3. The number of aromatic nitrogens is 3. The van der Waals surface area contributed by atoms with Crippen LogP contribution in [0.15, 0.2) is 54.7 Å². The first-order valence-electron chi connectivity index (χ1n) is 9.89. The molecule has 0 unspecified atom stereocenters. The Labute approximate surface area is 173 Å². The Balaban J connectivity index is 1.36. The summed E-state index contributed by atoms with van der Waals surface area (Å²) in [5.74, 6) is -0.0113. The number of nitrogens with zero attached hydrogens (tertiary/aromatic N) is 5. The van der Waals surface area contributed by atoms with Gasteiger partial charge in [0.2, 0.25) is 0 Å². The van der Waals surface area contributed by atoms with Crippen LogP contribution in [0, 0.1) is 0 Å². The summed E-state index contributed by atoms with van der Waals surface area (Å²) in [6.45, 7) is 1.40. The van der Waals surface area contributed by atoms with Gasteiger partial charge >= 0.3 is 0 Å². The second-order valence-electron chi connectivity index (χ2n) is 7.64. The summed E-state index contributed by atoms with van der Waals surface area (Å²) in [4.78, 5) is 14.4. The van der Waals surface area contributed by atoms with Crippen LogP contribution in [0.1, 0.15) is 28.0 Å². The van der Waals surface area contributed by atoms with Crippen molar-refractivity contribution < 1.29 is 9.28 Å². The highest BCUT2D eigenvalue weighted by Crippen LogP contribution is 2.32. The second-order valence-corrected chi connectivity index (χ2v) is 7.64. The smallest absolute Gasteiger partial charge is 0.253 e. The average molecular weight is 404 g/mol. The highest BCUT2D eigenvalue weighted by atomic mass is 19.2. The summed E-state index contributed by atoms with van der Waals surface area (Å²) in [7, 11) is 0. The maximum Gasteiger partial charge on any atom is 0.253 e. The molecule has 0 aliphatic carbocycles. The average Bonchev–Trinajstić information content (AvgIpc) is 3.43. The lowest BCUT2D eigenvalue weighted by atomic mass is 10.0. The van der Waals surface area contributed by atoms with Crippen LogP contribution < -0.4 is 10.9 Å². The number of fused-ring (bicyclic) bond motifs is 1. The van der Waals surface area contributed by atoms with E-state index in [9.17, 15) is 9.28 Å². The van der Waals surface area contributed by atoms with E-state index in [1.807, 2.05) is 36.4 Å². The Kier molecular flexibility index (Phi) is 4.55. The molecule has 7 nitrogen and oxygen atoms in total. The first-order chi connectivity index (χ1) is 14.6. The zero-order valence-corrected chi connectivity index (χ0v) is 16.3. The van der Waals surface area contributed by atoms with E-state index in [1.165, 1.54) is 0 Å². The van der Waals surface area contributed by atoms with Crippen molar-refractivity contribution in [1.29, 1.82) is 0 Å². The van der Waals surface area contributed by atoms with E-state index in [1.54, 1.807) is 34.0 Å². The molecule has 3 heterocycles. The van der Waals surface area contributed by atoms with Crippen LogP contribution in [0.2, 0.25) is 0 Å². The molecule has 1 saturated heterocycles. The Morgan fingerprint density at radius 1 is 1.13 bits per heavy atom. The molecule has 5 rings (SSSR count). The third kappa shape index (κ3) is 3.35. The highest BCUT2D eigenvalue weighted by molar-refractivity contribution is 5.94. The predicted octanol–water partition coefficient (Wildman–Crippen LogP) is 2.69. The quantitative estimate of drug-likeness (QED) is 0.679. The molecular weight excluding hydrogens is 383 g/mol. The zero-order chi connectivity index (χ0) is 20.7. The van der Waals surface area contributed by atoms with Gasteiger partial charge in [-0.1, -0.05) is 27.9 Å². The molecule has 0 spiro atoms. The molecular formula is C22H21FN6O. The third-order valence-corrected chi connectivity index (χ3v) is 5.55. The van der Waals surface area contributed by atoms with E-state index in [0.717, 1.165) is 23.2 Å². The molecule has 1 aromatic heterocycles. The van der Waals surface area contributed by atoms with Gasteiger partial charge in [-0.2, -0.15) is 0 Å². The van der Waals surface area contributed by atoms with E-state index in [2.05, 4.69) is 10.3 Å². The lowest BCUT2D eigenvalue weighted by molar-refractivity contribution is 0.0791. The topological polar surface area (TPSA) is 80.3 Å². The number of anilines is 1. The molecule has 1 fully saturated rings. The van der Waals surface area contributed by atoms with Crippen molar-refractivity contribution in [2.75, 3.05) is 24.8 Å². The van der Waals surface area contributed by atoms with Crippen LogP contribution in [0.25, 0.3) is 17.3 Å². The second kappa shape index (κ2) is 7.38. The van der Waals surface area contributed by atoms with Crippen LogP contribution in [0.3, 0.4) is 0 Å². The van der Waals surface area contributed by atoms with Crippen molar-refractivity contribution in [3.63, 3.8) is 0 Å². The van der Waals surface area contributed by atoms with Gasteiger partial charge in [0.15, 0.2) is 0 Å². The summed E-state index contributed by atoms with van der Waals surface area (Å²) in [5, 5.41) is 9.11. The molecule has 0 bridgehead atoms. The molecule has 2 aliphatic heterocycles. The Morgan fingerprint density at radius 3 is 2.70 bits per heavy atom. The van der Waals surface area contributed by atoms with Gasteiger partial charge in [-0.3, -0.25) is 4.79 Å². The van der Waals surface area contributed by atoms with Crippen molar-refractivity contribution in [2.45, 2.75) is 12.5 Å². The fraction of sp³-hybridized carbons (Fsp3) is 0.227. The van der Waals surface area contributed by atoms with E-state index < -0.39 is 0 Å². The summed E-state index contributed by atoms with van der Waals surface area (Å²) in [6, 6.07) is 14.6. The first kappa shape index (κ1) is 18.5. The highest BCUT2D eigenvalue weighted by Gasteiger charge is 2.24. The third-order valence-electron chi connectivity index (χ3n) is 5.55. The number of likely N-dealkylation sites (tertiary alicyclic amines) is 1. The molecule has 2 N–H and O–H groups in total. The number of benzene rings is 2. The van der Waals surface area contributed by atoms with Gasteiger partial charge in [0.1, 0.15) is 5.69 Å². The molecule has 0 radical (unpaired) electrons. The summed E-state index contributed by atoms with van der Waals surface area (Å²) >= 11 is 0. The minimum absolute atomic E-state index is 0.0113. The van der Waals surface area contributed by atoms with Crippen LogP contribution in [0.5, 0.6) is 0 Å². The van der Waals surface area contributed by atoms with E-state index in [0.29, 0.717) is 35.2 Å². The van der Waals surface area contributed by atoms with E-state index in [-0.39, 0.29) is 18.5 Å². The zero-order valence-electron chi connectivity index (χ0n) is 16.3. The molecule has 8 heteroatoms. The summed E-state index contributed by atoms with van der Waals surface area (Å²) < 4.78 is 16.0. The molecule has 30 heavy (non-hydrogen) atoms. The number of carbonyl (C=O) groups is 1.